The summed E-state index contributed by atoms with van der Waals surface area (Å²) in [6.45, 7) is 4.46. The Morgan fingerprint density at radius 1 is 1.46 bits per heavy atom. The van der Waals surface area contributed by atoms with Gasteiger partial charge in [-0.05, 0) is 19.3 Å². The van der Waals surface area contributed by atoms with Crippen molar-refractivity contribution >= 4 is 6.21 Å². The van der Waals surface area contributed by atoms with E-state index in [4.69, 9.17) is 0 Å². The van der Waals surface area contributed by atoms with E-state index in [2.05, 4.69) is 36.2 Å². The molecule has 2 bridgehead atoms. The molecule has 2 atom stereocenters. The third-order valence-electron chi connectivity index (χ3n) is 3.47. The summed E-state index contributed by atoms with van der Waals surface area (Å²) in [5.41, 5.74) is 1.68. The van der Waals surface area contributed by atoms with E-state index in [0.29, 0.717) is 0 Å². The van der Waals surface area contributed by atoms with Crippen molar-refractivity contribution in [3.63, 3.8) is 0 Å². The lowest BCUT2D eigenvalue weighted by atomic mass is 9.89. The van der Waals surface area contributed by atoms with E-state index >= 15 is 0 Å². The molecule has 2 fully saturated rings. The first-order valence-corrected chi connectivity index (χ1v) is 5.23. The molecule has 0 amide bonds. The Balaban J connectivity index is 2.01. The van der Waals surface area contributed by atoms with Gasteiger partial charge >= 0.3 is 0 Å². The van der Waals surface area contributed by atoms with Crippen molar-refractivity contribution in [3.05, 3.63) is 11.8 Å². The van der Waals surface area contributed by atoms with Crippen LogP contribution in [-0.2, 0) is 0 Å². The fourth-order valence-corrected chi connectivity index (χ4v) is 2.82. The average molecular weight is 176 g/mol. The van der Waals surface area contributed by atoms with Crippen LogP contribution in [0.15, 0.2) is 16.9 Å². The van der Waals surface area contributed by atoms with Crippen molar-refractivity contribution in [2.24, 2.45) is 16.4 Å². The van der Waals surface area contributed by atoms with Crippen LogP contribution in [0, 0.1) is 11.3 Å². The smallest absolute Gasteiger partial charge is 0.0528 e. The van der Waals surface area contributed by atoms with Gasteiger partial charge in [0, 0.05) is 23.2 Å². The Morgan fingerprint density at radius 2 is 2.31 bits per heavy atom. The molecule has 0 N–H and O–H groups in total. The normalized spacial score (nSPS) is 39.2. The SMILES string of the molecule is CC1(C)C=NN2C(=C1)[C@H]1CC[C@@H]2C1. The molecule has 3 aliphatic rings. The van der Waals surface area contributed by atoms with E-state index in [1.165, 1.54) is 25.0 Å². The molecule has 1 saturated heterocycles. The second-order valence-electron chi connectivity index (χ2n) is 5.14. The summed E-state index contributed by atoms with van der Waals surface area (Å²) >= 11 is 0. The Hall–Kier alpha value is -0.790. The zero-order valence-electron chi connectivity index (χ0n) is 8.33. The molecule has 2 heterocycles. The van der Waals surface area contributed by atoms with Gasteiger partial charge in [-0.25, -0.2) is 0 Å². The Bertz CT molecular complexity index is 301. The first-order valence-electron chi connectivity index (χ1n) is 5.23. The van der Waals surface area contributed by atoms with Crippen molar-refractivity contribution < 1.29 is 0 Å². The van der Waals surface area contributed by atoms with Gasteiger partial charge in [-0.2, -0.15) is 5.10 Å². The van der Waals surface area contributed by atoms with Gasteiger partial charge < -0.3 is 0 Å². The summed E-state index contributed by atoms with van der Waals surface area (Å²) in [5, 5.41) is 6.83. The van der Waals surface area contributed by atoms with Crippen LogP contribution in [0.2, 0.25) is 0 Å². The predicted octanol–water partition coefficient (Wildman–Crippen LogP) is 2.38. The minimum absolute atomic E-state index is 0.177. The zero-order chi connectivity index (χ0) is 9.05. The molecule has 13 heavy (non-hydrogen) atoms. The van der Waals surface area contributed by atoms with Crippen molar-refractivity contribution in [1.82, 2.24) is 5.01 Å². The number of hydrazone groups is 1. The van der Waals surface area contributed by atoms with Crippen LogP contribution in [0.4, 0.5) is 0 Å². The molecular weight excluding hydrogens is 160 g/mol. The van der Waals surface area contributed by atoms with Gasteiger partial charge in [0.1, 0.15) is 0 Å². The molecule has 0 aromatic rings. The number of hydrogen-bond donors (Lipinski definition) is 0. The first-order chi connectivity index (χ1) is 6.16. The number of hydrogen-bond acceptors (Lipinski definition) is 2. The van der Waals surface area contributed by atoms with Gasteiger partial charge in [0.05, 0.1) is 6.04 Å². The van der Waals surface area contributed by atoms with E-state index in [-0.39, 0.29) is 5.41 Å². The fourth-order valence-electron chi connectivity index (χ4n) is 2.82. The summed E-state index contributed by atoms with van der Waals surface area (Å²) in [6.07, 6.45) is 8.57. The maximum atomic E-state index is 4.57. The quantitative estimate of drug-likeness (QED) is 0.553. The second kappa shape index (κ2) is 2.17. The van der Waals surface area contributed by atoms with E-state index in [0.717, 1.165) is 12.0 Å². The molecule has 1 saturated carbocycles. The number of allylic oxidation sites excluding steroid dienone is 2. The van der Waals surface area contributed by atoms with Crippen LogP contribution in [0.5, 0.6) is 0 Å². The minimum Gasteiger partial charge on any atom is -0.267 e. The van der Waals surface area contributed by atoms with Crippen LogP contribution in [0.25, 0.3) is 0 Å². The summed E-state index contributed by atoms with van der Waals surface area (Å²) in [6, 6.07) is 0.726. The molecule has 0 aromatic heterocycles. The largest absolute Gasteiger partial charge is 0.267 e. The summed E-state index contributed by atoms with van der Waals surface area (Å²) in [4.78, 5) is 0. The molecular formula is C11H16N2. The van der Waals surface area contributed by atoms with Gasteiger partial charge in [-0.15, -0.1) is 0 Å². The van der Waals surface area contributed by atoms with Crippen LogP contribution in [0.1, 0.15) is 33.1 Å². The van der Waals surface area contributed by atoms with E-state index in [9.17, 15) is 0 Å². The molecule has 70 valence electrons. The summed E-state index contributed by atoms with van der Waals surface area (Å²) in [7, 11) is 0. The van der Waals surface area contributed by atoms with Crippen LogP contribution in [0.3, 0.4) is 0 Å². The highest BCUT2D eigenvalue weighted by atomic mass is 15.5. The third-order valence-corrected chi connectivity index (χ3v) is 3.47. The van der Waals surface area contributed by atoms with Gasteiger partial charge in [-0.3, -0.25) is 5.01 Å². The number of rotatable bonds is 0. The molecule has 0 spiro atoms. The van der Waals surface area contributed by atoms with E-state index < -0.39 is 0 Å². The highest BCUT2D eigenvalue weighted by molar-refractivity contribution is 5.69. The molecule has 0 radical (unpaired) electrons. The highest BCUT2D eigenvalue weighted by Crippen LogP contribution is 2.47. The van der Waals surface area contributed by atoms with Crippen LogP contribution < -0.4 is 0 Å². The third kappa shape index (κ3) is 0.976. The number of nitrogens with zero attached hydrogens (tertiary/aromatic N) is 2. The van der Waals surface area contributed by atoms with Gasteiger partial charge in [0.15, 0.2) is 0 Å². The van der Waals surface area contributed by atoms with Gasteiger partial charge in [0.2, 0.25) is 0 Å². The van der Waals surface area contributed by atoms with Crippen molar-refractivity contribution in [2.45, 2.75) is 39.2 Å². The molecule has 3 rings (SSSR count). The molecule has 2 heteroatoms. The summed E-state index contributed by atoms with van der Waals surface area (Å²) < 4.78 is 0. The lowest BCUT2D eigenvalue weighted by Crippen LogP contribution is -2.31. The Kier molecular flexibility index (Phi) is 1.27. The predicted molar refractivity (Wildman–Crippen MR) is 53.3 cm³/mol. The maximum absolute atomic E-state index is 4.57. The topological polar surface area (TPSA) is 15.6 Å². The monoisotopic (exact) mass is 176 g/mol. The van der Waals surface area contributed by atoms with Gasteiger partial charge in [0.25, 0.3) is 0 Å². The Labute approximate surface area is 79.3 Å². The minimum atomic E-state index is 0.177. The van der Waals surface area contributed by atoms with Crippen molar-refractivity contribution in [1.29, 1.82) is 0 Å². The van der Waals surface area contributed by atoms with Crippen molar-refractivity contribution in [2.75, 3.05) is 0 Å². The highest BCUT2D eigenvalue weighted by Gasteiger charge is 2.43. The summed E-state index contributed by atoms with van der Waals surface area (Å²) in [5.74, 6) is 0.821. The molecule has 1 aliphatic carbocycles. The average Bonchev–Trinajstić information content (AvgIpc) is 2.61. The lowest BCUT2D eigenvalue weighted by Gasteiger charge is -2.33. The fraction of sp³-hybridized carbons (Fsp3) is 0.727. The van der Waals surface area contributed by atoms with Crippen LogP contribution in [-0.4, -0.2) is 17.3 Å². The molecule has 0 aromatic carbocycles. The van der Waals surface area contributed by atoms with Crippen LogP contribution >= 0.6 is 0 Å². The standard InChI is InChI=1S/C11H16N2/c1-11(2)6-10-8-3-4-9(5-8)13(10)12-7-11/h6-9H,3-5H2,1-2H3/t8-,9+/m0/s1. The van der Waals surface area contributed by atoms with Gasteiger partial charge in [-0.1, -0.05) is 19.9 Å². The second-order valence-corrected chi connectivity index (χ2v) is 5.14. The molecule has 2 aliphatic heterocycles. The number of fused-ring (bicyclic) bond motifs is 5. The lowest BCUT2D eigenvalue weighted by molar-refractivity contribution is 0.267. The number of piperidine rings is 1. The first kappa shape index (κ1) is 7.60. The van der Waals surface area contributed by atoms with Crippen molar-refractivity contribution in [3.8, 4) is 0 Å². The molecule has 0 unspecified atom stereocenters. The van der Waals surface area contributed by atoms with E-state index in [1.807, 2.05) is 0 Å². The van der Waals surface area contributed by atoms with E-state index in [1.54, 1.807) is 0 Å². The molecule has 2 nitrogen and oxygen atoms in total. The zero-order valence-corrected chi connectivity index (χ0v) is 8.33. The maximum Gasteiger partial charge on any atom is 0.0528 e. The Morgan fingerprint density at radius 3 is 3.15 bits per heavy atom.